The lowest BCUT2D eigenvalue weighted by Crippen LogP contribution is -2.37. The molecule has 0 saturated carbocycles. The van der Waals surface area contributed by atoms with Crippen LogP contribution in [-0.2, 0) is 6.54 Å². The van der Waals surface area contributed by atoms with E-state index >= 15 is 0 Å². The summed E-state index contributed by atoms with van der Waals surface area (Å²) in [5.41, 5.74) is 10.1. The van der Waals surface area contributed by atoms with E-state index < -0.39 is 0 Å². The largest absolute Gasteiger partial charge is 0.365 e. The molecule has 0 fully saturated rings. The standard InChI is InChI=1S/C15H16N2/c16-15-11-17(13-7-2-1-3-8-13)10-12-6-4-5-9-14(12)15/h1-9,15H,10-11,16H2/t15-/m0/s1. The monoisotopic (exact) mass is 224 g/mol. The highest BCUT2D eigenvalue weighted by Gasteiger charge is 2.21. The normalized spacial score (nSPS) is 18.9. The minimum Gasteiger partial charge on any atom is -0.365 e. The number of nitrogens with two attached hydrogens (primary N) is 1. The zero-order valence-corrected chi connectivity index (χ0v) is 9.71. The van der Waals surface area contributed by atoms with Crippen LogP contribution in [0.25, 0.3) is 0 Å². The third-order valence-corrected chi connectivity index (χ3v) is 3.35. The molecule has 2 nitrogen and oxygen atoms in total. The Hall–Kier alpha value is -1.80. The summed E-state index contributed by atoms with van der Waals surface area (Å²) in [6.45, 7) is 1.84. The average molecular weight is 224 g/mol. The molecule has 0 radical (unpaired) electrons. The molecular weight excluding hydrogens is 208 g/mol. The third-order valence-electron chi connectivity index (χ3n) is 3.35. The Labute approximate surface area is 102 Å². The maximum absolute atomic E-state index is 6.23. The Kier molecular flexibility index (Phi) is 2.57. The van der Waals surface area contributed by atoms with Crippen molar-refractivity contribution in [1.82, 2.24) is 0 Å². The first-order valence-corrected chi connectivity index (χ1v) is 5.98. The highest BCUT2D eigenvalue weighted by Crippen LogP contribution is 2.28. The molecule has 2 aromatic carbocycles. The molecule has 1 atom stereocenters. The van der Waals surface area contributed by atoms with Crippen molar-refractivity contribution in [2.45, 2.75) is 12.6 Å². The van der Waals surface area contributed by atoms with E-state index in [9.17, 15) is 0 Å². The fraction of sp³-hybridized carbons (Fsp3) is 0.200. The number of benzene rings is 2. The van der Waals surface area contributed by atoms with Gasteiger partial charge in [-0.25, -0.2) is 0 Å². The maximum Gasteiger partial charge on any atom is 0.0476 e. The van der Waals surface area contributed by atoms with Gasteiger partial charge in [0.1, 0.15) is 0 Å². The van der Waals surface area contributed by atoms with Gasteiger partial charge in [0.15, 0.2) is 0 Å². The number of fused-ring (bicyclic) bond motifs is 1. The van der Waals surface area contributed by atoms with Gasteiger partial charge in [0.05, 0.1) is 0 Å². The Bertz CT molecular complexity index is 507. The van der Waals surface area contributed by atoms with Crippen molar-refractivity contribution in [2.75, 3.05) is 11.4 Å². The van der Waals surface area contributed by atoms with Crippen LogP contribution in [0.15, 0.2) is 54.6 Å². The second-order valence-corrected chi connectivity index (χ2v) is 4.52. The number of para-hydroxylation sites is 1. The van der Waals surface area contributed by atoms with E-state index in [4.69, 9.17) is 5.73 Å². The first-order chi connectivity index (χ1) is 8.34. The van der Waals surface area contributed by atoms with Crippen molar-refractivity contribution in [1.29, 1.82) is 0 Å². The molecule has 0 amide bonds. The number of nitrogens with zero attached hydrogens (tertiary/aromatic N) is 1. The Morgan fingerprint density at radius 2 is 1.65 bits per heavy atom. The minimum absolute atomic E-state index is 0.111. The van der Waals surface area contributed by atoms with Gasteiger partial charge in [0.25, 0.3) is 0 Å². The van der Waals surface area contributed by atoms with Crippen LogP contribution in [0.4, 0.5) is 5.69 Å². The highest BCUT2D eigenvalue weighted by atomic mass is 15.1. The predicted octanol–water partition coefficient (Wildman–Crippen LogP) is 2.71. The average Bonchev–Trinajstić information content (AvgIpc) is 2.40. The summed E-state index contributed by atoms with van der Waals surface area (Å²) in [6.07, 6.45) is 0. The molecule has 0 aliphatic carbocycles. The number of anilines is 1. The van der Waals surface area contributed by atoms with Crippen molar-refractivity contribution in [2.24, 2.45) is 5.73 Å². The van der Waals surface area contributed by atoms with Gasteiger partial charge < -0.3 is 10.6 Å². The van der Waals surface area contributed by atoms with Gasteiger partial charge >= 0.3 is 0 Å². The molecule has 1 aliphatic rings. The Morgan fingerprint density at radius 1 is 0.941 bits per heavy atom. The molecule has 17 heavy (non-hydrogen) atoms. The lowest BCUT2D eigenvalue weighted by molar-refractivity contribution is 0.619. The minimum atomic E-state index is 0.111. The van der Waals surface area contributed by atoms with Gasteiger partial charge in [-0.3, -0.25) is 0 Å². The first kappa shape index (κ1) is 10.4. The second-order valence-electron chi connectivity index (χ2n) is 4.52. The van der Waals surface area contributed by atoms with E-state index in [1.165, 1.54) is 16.8 Å². The van der Waals surface area contributed by atoms with Crippen LogP contribution in [0.5, 0.6) is 0 Å². The molecule has 0 spiro atoms. The summed E-state index contributed by atoms with van der Waals surface area (Å²) in [4.78, 5) is 2.34. The van der Waals surface area contributed by atoms with E-state index in [1.54, 1.807) is 0 Å². The Balaban J connectivity index is 1.94. The summed E-state index contributed by atoms with van der Waals surface area (Å²) >= 11 is 0. The van der Waals surface area contributed by atoms with Crippen molar-refractivity contribution in [3.05, 3.63) is 65.7 Å². The van der Waals surface area contributed by atoms with E-state index in [2.05, 4.69) is 53.4 Å². The molecule has 0 bridgehead atoms. The van der Waals surface area contributed by atoms with Crippen LogP contribution in [-0.4, -0.2) is 6.54 Å². The van der Waals surface area contributed by atoms with Gasteiger partial charge in [-0.15, -0.1) is 0 Å². The molecule has 86 valence electrons. The quantitative estimate of drug-likeness (QED) is 0.807. The van der Waals surface area contributed by atoms with Crippen molar-refractivity contribution in [3.63, 3.8) is 0 Å². The lowest BCUT2D eigenvalue weighted by Gasteiger charge is -2.34. The summed E-state index contributed by atoms with van der Waals surface area (Å²) in [7, 11) is 0. The van der Waals surface area contributed by atoms with Crippen LogP contribution in [0.1, 0.15) is 17.2 Å². The number of rotatable bonds is 1. The van der Waals surface area contributed by atoms with Crippen molar-refractivity contribution < 1.29 is 0 Å². The van der Waals surface area contributed by atoms with E-state index in [-0.39, 0.29) is 6.04 Å². The van der Waals surface area contributed by atoms with Crippen LogP contribution in [0.3, 0.4) is 0 Å². The molecular formula is C15H16N2. The zero-order valence-electron chi connectivity index (χ0n) is 9.71. The van der Waals surface area contributed by atoms with E-state index in [0.29, 0.717) is 0 Å². The van der Waals surface area contributed by atoms with Crippen LogP contribution in [0, 0.1) is 0 Å². The fourth-order valence-electron chi connectivity index (χ4n) is 2.48. The first-order valence-electron chi connectivity index (χ1n) is 5.98. The van der Waals surface area contributed by atoms with Gasteiger partial charge in [-0.2, -0.15) is 0 Å². The summed E-state index contributed by atoms with van der Waals surface area (Å²) < 4.78 is 0. The smallest absolute Gasteiger partial charge is 0.0476 e. The van der Waals surface area contributed by atoms with Crippen LogP contribution >= 0.6 is 0 Å². The highest BCUT2D eigenvalue weighted by molar-refractivity contribution is 5.50. The third kappa shape index (κ3) is 1.92. The van der Waals surface area contributed by atoms with Crippen molar-refractivity contribution in [3.8, 4) is 0 Å². The number of hydrogen-bond acceptors (Lipinski definition) is 2. The predicted molar refractivity (Wildman–Crippen MR) is 70.9 cm³/mol. The number of hydrogen-bond donors (Lipinski definition) is 1. The van der Waals surface area contributed by atoms with E-state index in [0.717, 1.165) is 13.1 Å². The molecule has 0 saturated heterocycles. The molecule has 2 aromatic rings. The van der Waals surface area contributed by atoms with Gasteiger partial charge in [0.2, 0.25) is 0 Å². The molecule has 1 heterocycles. The molecule has 2 N–H and O–H groups in total. The second kappa shape index (κ2) is 4.22. The van der Waals surface area contributed by atoms with Gasteiger partial charge in [0, 0.05) is 24.8 Å². The SMILES string of the molecule is N[C@H]1CN(c2ccccc2)Cc2ccccc21. The van der Waals surface area contributed by atoms with Gasteiger partial charge in [-0.05, 0) is 23.3 Å². The van der Waals surface area contributed by atoms with E-state index in [1.807, 2.05) is 6.07 Å². The van der Waals surface area contributed by atoms with Crippen LogP contribution < -0.4 is 10.6 Å². The molecule has 1 aliphatic heterocycles. The molecule has 2 heteroatoms. The summed E-state index contributed by atoms with van der Waals surface area (Å²) in [5, 5.41) is 0. The topological polar surface area (TPSA) is 29.3 Å². The summed E-state index contributed by atoms with van der Waals surface area (Å²) in [5.74, 6) is 0. The zero-order chi connectivity index (χ0) is 11.7. The molecule has 3 rings (SSSR count). The van der Waals surface area contributed by atoms with Crippen LogP contribution in [0.2, 0.25) is 0 Å². The summed E-state index contributed by atoms with van der Waals surface area (Å²) in [6, 6.07) is 19.0. The fourth-order valence-corrected chi connectivity index (χ4v) is 2.48. The maximum atomic E-state index is 6.23. The Morgan fingerprint density at radius 3 is 2.47 bits per heavy atom. The molecule has 0 aromatic heterocycles. The lowest BCUT2D eigenvalue weighted by atomic mass is 9.96. The van der Waals surface area contributed by atoms with Gasteiger partial charge in [-0.1, -0.05) is 42.5 Å². The van der Waals surface area contributed by atoms with Crippen molar-refractivity contribution >= 4 is 5.69 Å². The molecule has 0 unspecified atom stereocenters.